The SMILES string of the molecule is CC(C)COc1ccc(C(C)NCC2(C)COC2)cc1. The third-order valence-corrected chi connectivity index (χ3v) is 3.70. The summed E-state index contributed by atoms with van der Waals surface area (Å²) in [6.07, 6.45) is 0. The van der Waals surface area contributed by atoms with Crippen LogP contribution in [0.25, 0.3) is 0 Å². The summed E-state index contributed by atoms with van der Waals surface area (Å²) >= 11 is 0. The van der Waals surface area contributed by atoms with E-state index in [2.05, 4.69) is 57.3 Å². The quantitative estimate of drug-likeness (QED) is 0.828. The minimum atomic E-state index is 0.314. The molecule has 3 nitrogen and oxygen atoms in total. The first-order chi connectivity index (χ1) is 9.48. The summed E-state index contributed by atoms with van der Waals surface area (Å²) in [5, 5.41) is 3.59. The summed E-state index contributed by atoms with van der Waals surface area (Å²) in [5.74, 6) is 1.51. The van der Waals surface area contributed by atoms with Gasteiger partial charge in [0.2, 0.25) is 0 Å². The highest BCUT2D eigenvalue weighted by molar-refractivity contribution is 5.29. The van der Waals surface area contributed by atoms with E-state index < -0.39 is 0 Å². The number of hydrogen-bond donors (Lipinski definition) is 1. The Morgan fingerprint density at radius 2 is 1.85 bits per heavy atom. The van der Waals surface area contributed by atoms with E-state index in [4.69, 9.17) is 9.47 Å². The van der Waals surface area contributed by atoms with Crippen molar-refractivity contribution in [2.75, 3.05) is 26.4 Å². The number of rotatable bonds is 7. The first-order valence-electron chi connectivity index (χ1n) is 7.52. The molecule has 0 radical (unpaired) electrons. The second-order valence-corrected chi connectivity index (χ2v) is 6.68. The van der Waals surface area contributed by atoms with Crippen LogP contribution in [-0.2, 0) is 4.74 Å². The Morgan fingerprint density at radius 3 is 2.35 bits per heavy atom. The monoisotopic (exact) mass is 277 g/mol. The molecule has 1 fully saturated rings. The van der Waals surface area contributed by atoms with Gasteiger partial charge in [-0.1, -0.05) is 32.9 Å². The van der Waals surface area contributed by atoms with Crippen molar-refractivity contribution in [2.24, 2.45) is 11.3 Å². The minimum absolute atomic E-state index is 0.314. The molecular formula is C17H27NO2. The molecule has 0 saturated carbocycles. The summed E-state index contributed by atoms with van der Waals surface area (Å²) < 4.78 is 11.0. The van der Waals surface area contributed by atoms with Crippen molar-refractivity contribution in [3.05, 3.63) is 29.8 Å². The van der Waals surface area contributed by atoms with Crippen LogP contribution >= 0.6 is 0 Å². The summed E-state index contributed by atoms with van der Waals surface area (Å²) in [7, 11) is 0. The van der Waals surface area contributed by atoms with Crippen molar-refractivity contribution in [1.29, 1.82) is 0 Å². The molecular weight excluding hydrogens is 250 g/mol. The fourth-order valence-corrected chi connectivity index (χ4v) is 2.19. The standard InChI is InChI=1S/C17H27NO2/c1-13(2)9-20-16-7-5-15(6-8-16)14(3)18-10-17(4)11-19-12-17/h5-8,13-14,18H,9-12H2,1-4H3. The van der Waals surface area contributed by atoms with Crippen LogP contribution in [0.4, 0.5) is 0 Å². The van der Waals surface area contributed by atoms with Crippen molar-refractivity contribution in [2.45, 2.75) is 33.7 Å². The van der Waals surface area contributed by atoms with Gasteiger partial charge in [0.05, 0.1) is 19.8 Å². The molecule has 0 amide bonds. The highest BCUT2D eigenvalue weighted by atomic mass is 16.5. The van der Waals surface area contributed by atoms with Crippen LogP contribution in [0.2, 0.25) is 0 Å². The lowest BCUT2D eigenvalue weighted by atomic mass is 9.88. The van der Waals surface area contributed by atoms with E-state index >= 15 is 0 Å². The zero-order valence-electron chi connectivity index (χ0n) is 13.1. The van der Waals surface area contributed by atoms with Gasteiger partial charge in [0, 0.05) is 18.0 Å². The van der Waals surface area contributed by atoms with Crippen LogP contribution < -0.4 is 10.1 Å². The van der Waals surface area contributed by atoms with Gasteiger partial charge < -0.3 is 14.8 Å². The van der Waals surface area contributed by atoms with Gasteiger partial charge in [-0.3, -0.25) is 0 Å². The lowest BCUT2D eigenvalue weighted by molar-refractivity contribution is -0.0999. The van der Waals surface area contributed by atoms with Crippen LogP contribution in [0, 0.1) is 11.3 Å². The normalized spacial score (nSPS) is 18.6. The number of nitrogens with one attached hydrogen (secondary N) is 1. The van der Waals surface area contributed by atoms with Gasteiger partial charge in [-0.05, 0) is 30.5 Å². The molecule has 0 spiro atoms. The molecule has 20 heavy (non-hydrogen) atoms. The lowest BCUT2D eigenvalue weighted by Gasteiger charge is -2.39. The van der Waals surface area contributed by atoms with Crippen molar-refractivity contribution >= 4 is 0 Å². The molecule has 1 aromatic rings. The van der Waals surface area contributed by atoms with Crippen molar-refractivity contribution < 1.29 is 9.47 Å². The predicted octanol–water partition coefficient (Wildman–Crippen LogP) is 3.41. The molecule has 0 bridgehead atoms. The molecule has 1 saturated heterocycles. The average molecular weight is 277 g/mol. The maximum absolute atomic E-state index is 5.71. The number of hydrogen-bond acceptors (Lipinski definition) is 3. The second-order valence-electron chi connectivity index (χ2n) is 6.68. The summed E-state index contributed by atoms with van der Waals surface area (Å²) in [6, 6.07) is 8.76. The van der Waals surface area contributed by atoms with E-state index in [1.54, 1.807) is 0 Å². The van der Waals surface area contributed by atoms with Crippen molar-refractivity contribution in [3.8, 4) is 5.75 Å². The smallest absolute Gasteiger partial charge is 0.119 e. The molecule has 1 atom stereocenters. The molecule has 2 rings (SSSR count). The predicted molar refractivity (Wildman–Crippen MR) is 82.1 cm³/mol. The van der Waals surface area contributed by atoms with E-state index in [0.29, 0.717) is 17.4 Å². The fourth-order valence-electron chi connectivity index (χ4n) is 2.19. The van der Waals surface area contributed by atoms with Gasteiger partial charge in [-0.15, -0.1) is 0 Å². The van der Waals surface area contributed by atoms with Gasteiger partial charge >= 0.3 is 0 Å². The number of benzene rings is 1. The molecule has 3 heteroatoms. The third-order valence-electron chi connectivity index (χ3n) is 3.70. The molecule has 1 N–H and O–H groups in total. The zero-order valence-corrected chi connectivity index (χ0v) is 13.1. The van der Waals surface area contributed by atoms with Gasteiger partial charge in [0.25, 0.3) is 0 Å². The molecule has 112 valence electrons. The number of ether oxygens (including phenoxy) is 2. The van der Waals surface area contributed by atoms with E-state index in [1.807, 2.05) is 0 Å². The average Bonchev–Trinajstić information content (AvgIpc) is 2.41. The first-order valence-corrected chi connectivity index (χ1v) is 7.52. The van der Waals surface area contributed by atoms with Gasteiger partial charge in [-0.2, -0.15) is 0 Å². The second kappa shape index (κ2) is 6.59. The highest BCUT2D eigenvalue weighted by Gasteiger charge is 2.33. The van der Waals surface area contributed by atoms with Crippen LogP contribution in [0.1, 0.15) is 39.3 Å². The van der Waals surface area contributed by atoms with E-state index in [1.165, 1.54) is 5.56 Å². The van der Waals surface area contributed by atoms with E-state index in [-0.39, 0.29) is 0 Å². The van der Waals surface area contributed by atoms with Crippen LogP contribution in [-0.4, -0.2) is 26.4 Å². The van der Waals surface area contributed by atoms with Crippen LogP contribution in [0.5, 0.6) is 5.75 Å². The molecule has 1 aromatic carbocycles. The van der Waals surface area contributed by atoms with E-state index in [0.717, 1.165) is 32.1 Å². The molecule has 1 aliphatic heterocycles. The van der Waals surface area contributed by atoms with Gasteiger partial charge in [-0.25, -0.2) is 0 Å². The Morgan fingerprint density at radius 1 is 1.20 bits per heavy atom. The molecule has 0 aliphatic carbocycles. The molecule has 0 aromatic heterocycles. The maximum Gasteiger partial charge on any atom is 0.119 e. The topological polar surface area (TPSA) is 30.5 Å². The van der Waals surface area contributed by atoms with E-state index in [9.17, 15) is 0 Å². The molecule has 1 unspecified atom stereocenters. The molecule has 1 aliphatic rings. The minimum Gasteiger partial charge on any atom is -0.493 e. The zero-order chi connectivity index (χ0) is 14.6. The van der Waals surface area contributed by atoms with Crippen LogP contribution in [0.3, 0.4) is 0 Å². The summed E-state index contributed by atoms with van der Waals surface area (Å²) in [6.45, 7) is 12.3. The Kier molecular flexibility index (Phi) is 5.06. The van der Waals surface area contributed by atoms with Crippen molar-refractivity contribution in [1.82, 2.24) is 5.32 Å². The largest absolute Gasteiger partial charge is 0.493 e. The maximum atomic E-state index is 5.71. The Hall–Kier alpha value is -1.06. The highest BCUT2D eigenvalue weighted by Crippen LogP contribution is 2.26. The van der Waals surface area contributed by atoms with Crippen LogP contribution in [0.15, 0.2) is 24.3 Å². The van der Waals surface area contributed by atoms with Gasteiger partial charge in [0.15, 0.2) is 0 Å². The Bertz CT molecular complexity index is 410. The first kappa shape index (κ1) is 15.3. The van der Waals surface area contributed by atoms with Gasteiger partial charge in [0.1, 0.15) is 5.75 Å². The Balaban J connectivity index is 1.82. The summed E-state index contributed by atoms with van der Waals surface area (Å²) in [4.78, 5) is 0. The third kappa shape index (κ3) is 4.22. The lowest BCUT2D eigenvalue weighted by Crippen LogP contribution is -2.47. The Labute approximate surface area is 122 Å². The molecule has 1 heterocycles. The fraction of sp³-hybridized carbons (Fsp3) is 0.647. The summed E-state index contributed by atoms with van der Waals surface area (Å²) in [5.41, 5.74) is 1.61. The van der Waals surface area contributed by atoms with Crippen molar-refractivity contribution in [3.63, 3.8) is 0 Å².